The van der Waals surface area contributed by atoms with Crippen LogP contribution >= 0.6 is 15.9 Å². The minimum Gasteiger partial charge on any atom is -0.487 e. The molecule has 1 aliphatic rings. The van der Waals surface area contributed by atoms with Crippen molar-refractivity contribution in [1.29, 1.82) is 0 Å². The minimum atomic E-state index is -0.593. The van der Waals surface area contributed by atoms with Crippen molar-refractivity contribution >= 4 is 15.9 Å². The quantitative estimate of drug-likeness (QED) is 0.917. The number of aliphatic hydroxyl groups excluding tert-OH is 1. The van der Waals surface area contributed by atoms with Gasteiger partial charge in [-0.25, -0.2) is 0 Å². The first-order chi connectivity index (χ1) is 9.94. The van der Waals surface area contributed by atoms with Crippen LogP contribution in [0.2, 0.25) is 0 Å². The zero-order valence-electron chi connectivity index (χ0n) is 12.1. The van der Waals surface area contributed by atoms with Gasteiger partial charge in [0.25, 0.3) is 0 Å². The predicted octanol–water partition coefficient (Wildman–Crippen LogP) is 3.83. The normalized spacial score (nSPS) is 17.1. The van der Waals surface area contributed by atoms with Crippen LogP contribution in [-0.2, 0) is 12.8 Å². The summed E-state index contributed by atoms with van der Waals surface area (Å²) in [6.07, 6.45) is 4.32. The summed E-state index contributed by atoms with van der Waals surface area (Å²) in [5.74, 6) is 0.845. The summed E-state index contributed by atoms with van der Waals surface area (Å²) in [6.45, 7) is 4.14. The lowest BCUT2D eigenvalue weighted by Gasteiger charge is -2.20. The summed E-state index contributed by atoms with van der Waals surface area (Å²) in [4.78, 5) is 4.14. The number of benzene rings is 1. The molecule has 2 heterocycles. The van der Waals surface area contributed by atoms with E-state index >= 15 is 0 Å². The maximum Gasteiger partial charge on any atom is 0.129 e. The largest absolute Gasteiger partial charge is 0.487 e. The number of hydrogen-bond acceptors (Lipinski definition) is 3. The Labute approximate surface area is 133 Å². The summed E-state index contributed by atoms with van der Waals surface area (Å²) in [5, 5.41) is 10.6. The molecular formula is C17H18BrNO2. The van der Waals surface area contributed by atoms with Gasteiger partial charge in [0.1, 0.15) is 11.4 Å². The van der Waals surface area contributed by atoms with Crippen LogP contribution in [0.1, 0.15) is 36.6 Å². The molecule has 0 saturated heterocycles. The summed E-state index contributed by atoms with van der Waals surface area (Å²) in [7, 11) is 0. The van der Waals surface area contributed by atoms with E-state index in [0.29, 0.717) is 6.42 Å². The lowest BCUT2D eigenvalue weighted by atomic mass is 9.97. The van der Waals surface area contributed by atoms with Gasteiger partial charge in [-0.15, -0.1) is 0 Å². The highest BCUT2D eigenvalue weighted by Crippen LogP contribution is 2.40. The van der Waals surface area contributed by atoms with E-state index in [1.165, 1.54) is 5.56 Å². The van der Waals surface area contributed by atoms with E-state index in [1.54, 1.807) is 12.4 Å². The third-order valence-corrected chi connectivity index (χ3v) is 4.10. The molecule has 0 bridgehead atoms. The van der Waals surface area contributed by atoms with Crippen LogP contribution in [0.5, 0.6) is 5.75 Å². The summed E-state index contributed by atoms with van der Waals surface area (Å²) in [5.41, 5.74) is 2.82. The van der Waals surface area contributed by atoms with Gasteiger partial charge < -0.3 is 9.84 Å². The average molecular weight is 348 g/mol. The van der Waals surface area contributed by atoms with Crippen LogP contribution < -0.4 is 4.74 Å². The fraction of sp³-hybridized carbons (Fsp3) is 0.353. The van der Waals surface area contributed by atoms with Gasteiger partial charge >= 0.3 is 0 Å². The van der Waals surface area contributed by atoms with Crippen molar-refractivity contribution in [2.45, 2.75) is 38.4 Å². The first-order valence-electron chi connectivity index (χ1n) is 7.03. The Morgan fingerprint density at radius 3 is 2.95 bits per heavy atom. The third-order valence-electron chi connectivity index (χ3n) is 3.67. The molecule has 1 aromatic heterocycles. The molecule has 0 radical (unpaired) electrons. The highest BCUT2D eigenvalue weighted by atomic mass is 79.9. The number of hydrogen-bond donors (Lipinski definition) is 1. The fourth-order valence-electron chi connectivity index (χ4n) is 2.80. The molecule has 1 atom stereocenters. The van der Waals surface area contributed by atoms with Crippen LogP contribution in [0.15, 0.2) is 41.1 Å². The molecule has 1 aliphatic heterocycles. The Morgan fingerprint density at radius 2 is 2.19 bits per heavy atom. The molecule has 1 N–H and O–H groups in total. The van der Waals surface area contributed by atoms with Crippen molar-refractivity contribution in [3.05, 3.63) is 57.8 Å². The monoisotopic (exact) mass is 347 g/mol. The van der Waals surface area contributed by atoms with Gasteiger partial charge in [-0.2, -0.15) is 0 Å². The average Bonchev–Trinajstić information content (AvgIpc) is 2.72. The number of fused-ring (bicyclic) bond motifs is 1. The Bertz CT molecular complexity index is 670. The van der Waals surface area contributed by atoms with Crippen LogP contribution in [0.25, 0.3) is 0 Å². The number of para-hydroxylation sites is 1. The van der Waals surface area contributed by atoms with Crippen molar-refractivity contribution < 1.29 is 9.84 Å². The minimum absolute atomic E-state index is 0.199. The topological polar surface area (TPSA) is 42.4 Å². The molecule has 2 aromatic rings. The zero-order valence-corrected chi connectivity index (χ0v) is 13.7. The Hall–Kier alpha value is -1.39. The van der Waals surface area contributed by atoms with E-state index < -0.39 is 6.10 Å². The van der Waals surface area contributed by atoms with E-state index in [0.717, 1.165) is 27.8 Å². The zero-order chi connectivity index (χ0) is 15.0. The van der Waals surface area contributed by atoms with Crippen molar-refractivity contribution in [3.63, 3.8) is 0 Å². The first-order valence-corrected chi connectivity index (χ1v) is 7.82. The SMILES string of the molecule is CC1(C)Cc2cccc(C(O)Cc3cncc(Br)c3)c2O1. The third kappa shape index (κ3) is 3.11. The highest BCUT2D eigenvalue weighted by Gasteiger charge is 2.32. The molecular weight excluding hydrogens is 330 g/mol. The highest BCUT2D eigenvalue weighted by molar-refractivity contribution is 9.10. The van der Waals surface area contributed by atoms with Crippen LogP contribution in [0.3, 0.4) is 0 Å². The van der Waals surface area contributed by atoms with Crippen LogP contribution in [-0.4, -0.2) is 15.7 Å². The van der Waals surface area contributed by atoms with Crippen molar-refractivity contribution in [1.82, 2.24) is 4.98 Å². The standard InChI is InChI=1S/C17H18BrNO2/c1-17(2)8-12-4-3-5-14(16(12)21-17)15(20)7-11-6-13(18)10-19-9-11/h3-6,9-10,15,20H,7-8H2,1-2H3. The molecule has 0 aliphatic carbocycles. The van der Waals surface area contributed by atoms with Crippen LogP contribution in [0, 0.1) is 0 Å². The van der Waals surface area contributed by atoms with Gasteiger partial charge in [0.15, 0.2) is 0 Å². The molecule has 1 aromatic carbocycles. The molecule has 0 fully saturated rings. The number of aliphatic hydroxyl groups is 1. The lowest BCUT2D eigenvalue weighted by Crippen LogP contribution is -2.25. The molecule has 3 rings (SSSR count). The molecule has 110 valence electrons. The van der Waals surface area contributed by atoms with Gasteiger partial charge in [0, 0.05) is 35.3 Å². The van der Waals surface area contributed by atoms with Crippen molar-refractivity contribution in [2.24, 2.45) is 0 Å². The van der Waals surface area contributed by atoms with Gasteiger partial charge in [-0.3, -0.25) is 4.98 Å². The Kier molecular flexibility index (Phi) is 3.76. The Balaban J connectivity index is 1.87. The first kappa shape index (κ1) is 14.5. The molecule has 1 unspecified atom stereocenters. The molecule has 3 nitrogen and oxygen atoms in total. The molecule has 0 spiro atoms. The van der Waals surface area contributed by atoms with Crippen molar-refractivity contribution in [3.8, 4) is 5.75 Å². The number of nitrogens with zero attached hydrogens (tertiary/aromatic N) is 1. The predicted molar refractivity (Wildman–Crippen MR) is 85.5 cm³/mol. The molecule has 0 saturated carbocycles. The Morgan fingerprint density at radius 1 is 1.38 bits per heavy atom. The summed E-state index contributed by atoms with van der Waals surface area (Å²) >= 11 is 3.40. The second kappa shape index (κ2) is 5.43. The molecule has 21 heavy (non-hydrogen) atoms. The number of aromatic nitrogens is 1. The maximum atomic E-state index is 10.6. The van der Waals surface area contributed by atoms with Gasteiger partial charge in [0.05, 0.1) is 6.10 Å². The van der Waals surface area contributed by atoms with Crippen LogP contribution in [0.4, 0.5) is 0 Å². The summed E-state index contributed by atoms with van der Waals surface area (Å²) < 4.78 is 6.94. The second-order valence-corrected chi connectivity index (χ2v) is 7.02. The molecule has 0 amide bonds. The van der Waals surface area contributed by atoms with Gasteiger partial charge in [-0.05, 0) is 47.0 Å². The van der Waals surface area contributed by atoms with E-state index in [9.17, 15) is 5.11 Å². The number of rotatable bonds is 3. The van der Waals surface area contributed by atoms with Gasteiger partial charge in [-0.1, -0.05) is 18.2 Å². The van der Waals surface area contributed by atoms with E-state index in [4.69, 9.17) is 4.74 Å². The van der Waals surface area contributed by atoms with Gasteiger partial charge in [0.2, 0.25) is 0 Å². The molecule has 4 heteroatoms. The maximum absolute atomic E-state index is 10.6. The number of pyridine rings is 1. The van der Waals surface area contributed by atoms with E-state index in [1.807, 2.05) is 18.2 Å². The number of halogens is 1. The number of ether oxygens (including phenoxy) is 1. The lowest BCUT2D eigenvalue weighted by molar-refractivity contribution is 0.126. The van der Waals surface area contributed by atoms with E-state index in [-0.39, 0.29) is 5.60 Å². The van der Waals surface area contributed by atoms with Crippen molar-refractivity contribution in [2.75, 3.05) is 0 Å². The second-order valence-electron chi connectivity index (χ2n) is 6.11. The van der Waals surface area contributed by atoms with E-state index in [2.05, 4.69) is 40.8 Å². The summed E-state index contributed by atoms with van der Waals surface area (Å²) in [6, 6.07) is 7.97. The smallest absolute Gasteiger partial charge is 0.129 e. The fourth-order valence-corrected chi connectivity index (χ4v) is 3.21.